The standard InChI is InChI=1S/C14H24N4O2/c1-16-7-9-17(10-8-16)13(20)18-6-4-14(11-18)3-2-5-15-12(14)19/h2-11H2,1H3,(H,15,19)/t14-/m1/s1. The molecule has 3 aliphatic heterocycles. The number of piperazine rings is 1. The van der Waals surface area contributed by atoms with Crippen LogP contribution in [0, 0.1) is 5.41 Å². The molecule has 3 aliphatic rings. The van der Waals surface area contributed by atoms with E-state index in [0.717, 1.165) is 58.5 Å². The average molecular weight is 280 g/mol. The number of nitrogens with one attached hydrogen (secondary N) is 1. The van der Waals surface area contributed by atoms with E-state index in [1.807, 2.05) is 9.80 Å². The molecular weight excluding hydrogens is 256 g/mol. The Bertz CT molecular complexity index is 406. The Hall–Kier alpha value is -1.30. The minimum atomic E-state index is -0.305. The Morgan fingerprint density at radius 1 is 1.10 bits per heavy atom. The van der Waals surface area contributed by atoms with Gasteiger partial charge in [0, 0.05) is 45.8 Å². The maximum atomic E-state index is 12.5. The predicted molar refractivity (Wildman–Crippen MR) is 75.3 cm³/mol. The third-order valence-electron chi connectivity index (χ3n) is 5.00. The minimum absolute atomic E-state index is 0.119. The van der Waals surface area contributed by atoms with E-state index in [1.165, 1.54) is 0 Å². The number of urea groups is 1. The number of rotatable bonds is 0. The molecule has 3 rings (SSSR count). The van der Waals surface area contributed by atoms with Crippen molar-refractivity contribution < 1.29 is 9.59 Å². The smallest absolute Gasteiger partial charge is 0.320 e. The zero-order valence-corrected chi connectivity index (χ0v) is 12.2. The molecule has 0 radical (unpaired) electrons. The van der Waals surface area contributed by atoms with Crippen LogP contribution < -0.4 is 5.32 Å². The van der Waals surface area contributed by atoms with Crippen molar-refractivity contribution in [2.24, 2.45) is 5.41 Å². The monoisotopic (exact) mass is 280 g/mol. The van der Waals surface area contributed by atoms with Crippen LogP contribution in [0.5, 0.6) is 0 Å². The number of likely N-dealkylation sites (tertiary alicyclic amines) is 1. The third kappa shape index (κ3) is 2.37. The molecule has 3 fully saturated rings. The van der Waals surface area contributed by atoms with Crippen molar-refractivity contribution in [2.75, 3.05) is 52.9 Å². The number of carbonyl (C=O) groups is 2. The second-order valence-corrected chi connectivity index (χ2v) is 6.38. The number of hydrogen-bond donors (Lipinski definition) is 1. The first-order chi connectivity index (χ1) is 9.61. The van der Waals surface area contributed by atoms with E-state index in [0.29, 0.717) is 6.54 Å². The van der Waals surface area contributed by atoms with E-state index >= 15 is 0 Å². The highest BCUT2D eigenvalue weighted by Crippen LogP contribution is 2.37. The van der Waals surface area contributed by atoms with Crippen LogP contribution in [0.25, 0.3) is 0 Å². The number of likely N-dealkylation sites (N-methyl/N-ethyl adjacent to an activating group) is 1. The summed E-state index contributed by atoms with van der Waals surface area (Å²) >= 11 is 0. The summed E-state index contributed by atoms with van der Waals surface area (Å²) in [5.74, 6) is 0.150. The predicted octanol–water partition coefficient (Wildman–Crippen LogP) is -0.0441. The van der Waals surface area contributed by atoms with Crippen molar-refractivity contribution in [3.63, 3.8) is 0 Å². The normalized spacial score (nSPS) is 31.8. The van der Waals surface area contributed by atoms with Crippen LogP contribution in [-0.4, -0.2) is 79.5 Å². The summed E-state index contributed by atoms with van der Waals surface area (Å²) in [5.41, 5.74) is -0.305. The molecular formula is C14H24N4O2. The van der Waals surface area contributed by atoms with Crippen molar-refractivity contribution >= 4 is 11.9 Å². The Balaban J connectivity index is 1.62. The highest BCUT2D eigenvalue weighted by molar-refractivity contribution is 5.85. The van der Waals surface area contributed by atoms with Gasteiger partial charge >= 0.3 is 6.03 Å². The van der Waals surface area contributed by atoms with Gasteiger partial charge in [-0.2, -0.15) is 0 Å². The number of piperidine rings is 1. The molecule has 6 heteroatoms. The summed E-state index contributed by atoms with van der Waals surface area (Å²) in [5, 5.41) is 2.96. The molecule has 3 heterocycles. The second kappa shape index (κ2) is 5.24. The summed E-state index contributed by atoms with van der Waals surface area (Å²) in [6, 6.07) is 0.119. The molecule has 0 unspecified atom stereocenters. The van der Waals surface area contributed by atoms with Crippen LogP contribution in [-0.2, 0) is 4.79 Å². The van der Waals surface area contributed by atoms with Gasteiger partial charge < -0.3 is 20.0 Å². The summed E-state index contributed by atoms with van der Waals surface area (Å²) in [6.45, 7) is 5.57. The topological polar surface area (TPSA) is 55.9 Å². The van der Waals surface area contributed by atoms with Crippen molar-refractivity contribution in [3.05, 3.63) is 0 Å². The van der Waals surface area contributed by atoms with Gasteiger partial charge in [0.25, 0.3) is 0 Å². The van der Waals surface area contributed by atoms with Crippen molar-refractivity contribution in [3.8, 4) is 0 Å². The second-order valence-electron chi connectivity index (χ2n) is 6.38. The van der Waals surface area contributed by atoms with Gasteiger partial charge in [-0.25, -0.2) is 4.79 Å². The van der Waals surface area contributed by atoms with Gasteiger partial charge in [0.15, 0.2) is 0 Å². The van der Waals surface area contributed by atoms with Crippen LogP contribution in [0.1, 0.15) is 19.3 Å². The molecule has 1 atom stereocenters. The molecule has 0 aliphatic carbocycles. The lowest BCUT2D eigenvalue weighted by Crippen LogP contribution is -2.53. The van der Waals surface area contributed by atoms with Crippen LogP contribution in [0.4, 0.5) is 4.79 Å². The van der Waals surface area contributed by atoms with Crippen LogP contribution in [0.15, 0.2) is 0 Å². The van der Waals surface area contributed by atoms with Gasteiger partial charge in [-0.05, 0) is 26.3 Å². The highest BCUT2D eigenvalue weighted by Gasteiger charge is 2.47. The Morgan fingerprint density at radius 2 is 1.85 bits per heavy atom. The van der Waals surface area contributed by atoms with Gasteiger partial charge in [-0.15, -0.1) is 0 Å². The van der Waals surface area contributed by atoms with Crippen molar-refractivity contribution in [2.45, 2.75) is 19.3 Å². The van der Waals surface area contributed by atoms with Gasteiger partial charge in [-0.3, -0.25) is 4.79 Å². The van der Waals surface area contributed by atoms with E-state index in [1.54, 1.807) is 0 Å². The zero-order chi connectivity index (χ0) is 14.2. The average Bonchev–Trinajstić information content (AvgIpc) is 2.88. The largest absolute Gasteiger partial charge is 0.356 e. The zero-order valence-electron chi connectivity index (χ0n) is 12.2. The van der Waals surface area contributed by atoms with E-state index in [9.17, 15) is 9.59 Å². The van der Waals surface area contributed by atoms with Crippen molar-refractivity contribution in [1.29, 1.82) is 0 Å². The van der Waals surface area contributed by atoms with E-state index < -0.39 is 0 Å². The van der Waals surface area contributed by atoms with E-state index in [-0.39, 0.29) is 17.4 Å². The summed E-state index contributed by atoms with van der Waals surface area (Å²) in [6.07, 6.45) is 2.77. The summed E-state index contributed by atoms with van der Waals surface area (Å²) in [7, 11) is 2.08. The third-order valence-corrected chi connectivity index (χ3v) is 5.00. The first-order valence-corrected chi connectivity index (χ1v) is 7.61. The van der Waals surface area contributed by atoms with Crippen molar-refractivity contribution in [1.82, 2.24) is 20.0 Å². The van der Waals surface area contributed by atoms with Gasteiger partial charge in [0.2, 0.25) is 5.91 Å². The molecule has 0 aromatic carbocycles. The SMILES string of the molecule is CN1CCN(C(=O)N2CC[C@]3(CCCNC3=O)C2)CC1. The molecule has 20 heavy (non-hydrogen) atoms. The molecule has 3 saturated heterocycles. The van der Waals surface area contributed by atoms with Gasteiger partial charge in [0.1, 0.15) is 0 Å². The molecule has 0 aromatic rings. The molecule has 0 bridgehead atoms. The first kappa shape index (κ1) is 13.7. The summed E-state index contributed by atoms with van der Waals surface area (Å²) < 4.78 is 0. The van der Waals surface area contributed by atoms with Crippen LogP contribution in [0.2, 0.25) is 0 Å². The molecule has 0 saturated carbocycles. The maximum Gasteiger partial charge on any atom is 0.320 e. The Labute approximate surface area is 120 Å². The number of amides is 3. The Morgan fingerprint density at radius 3 is 2.55 bits per heavy atom. The quantitative estimate of drug-likeness (QED) is 0.677. The number of hydrogen-bond acceptors (Lipinski definition) is 3. The highest BCUT2D eigenvalue weighted by atomic mass is 16.2. The molecule has 3 amide bonds. The fourth-order valence-electron chi connectivity index (χ4n) is 3.55. The molecule has 1 N–H and O–H groups in total. The summed E-state index contributed by atoms with van der Waals surface area (Å²) in [4.78, 5) is 30.7. The fraction of sp³-hybridized carbons (Fsp3) is 0.857. The molecule has 6 nitrogen and oxygen atoms in total. The number of carbonyl (C=O) groups excluding carboxylic acids is 2. The van der Waals surface area contributed by atoms with E-state index in [2.05, 4.69) is 17.3 Å². The van der Waals surface area contributed by atoms with Crippen LogP contribution in [0.3, 0.4) is 0 Å². The van der Waals surface area contributed by atoms with Gasteiger partial charge in [-0.1, -0.05) is 0 Å². The first-order valence-electron chi connectivity index (χ1n) is 7.61. The molecule has 112 valence electrons. The lowest BCUT2D eigenvalue weighted by atomic mass is 9.79. The fourth-order valence-corrected chi connectivity index (χ4v) is 3.55. The molecule has 0 aromatic heterocycles. The van der Waals surface area contributed by atoms with Crippen LogP contribution >= 0.6 is 0 Å². The molecule has 1 spiro atoms. The Kier molecular flexibility index (Phi) is 3.58. The maximum absolute atomic E-state index is 12.5. The van der Waals surface area contributed by atoms with Gasteiger partial charge in [0.05, 0.1) is 5.41 Å². The van der Waals surface area contributed by atoms with E-state index in [4.69, 9.17) is 0 Å². The minimum Gasteiger partial charge on any atom is -0.356 e. The lowest BCUT2D eigenvalue weighted by molar-refractivity contribution is -0.132. The number of nitrogens with zero attached hydrogens (tertiary/aromatic N) is 3. The lowest BCUT2D eigenvalue weighted by Gasteiger charge is -2.36.